The van der Waals surface area contributed by atoms with E-state index in [1.165, 1.54) is 89.9 Å². The van der Waals surface area contributed by atoms with E-state index in [-0.39, 0.29) is 11.9 Å². The van der Waals surface area contributed by atoms with Crippen LogP contribution in [0.15, 0.2) is 0 Å². The van der Waals surface area contributed by atoms with E-state index in [9.17, 15) is 5.11 Å². The molecule has 0 heterocycles. The maximum absolute atomic E-state index is 9.17. The molecule has 0 spiro atoms. The molecule has 1 N–H and O–H groups in total. The molecule has 0 saturated carbocycles. The summed E-state index contributed by atoms with van der Waals surface area (Å²) in [6.45, 7) is 3.18. The molecule has 1 atom stereocenters. The fourth-order valence-electron chi connectivity index (χ4n) is 2.89. The summed E-state index contributed by atoms with van der Waals surface area (Å²) in [7, 11) is 1.70. The SMILES string of the molecule is CCCCCCCCCCCCCCCCSC(CO)COC. The molecule has 0 aliphatic carbocycles. The highest BCUT2D eigenvalue weighted by atomic mass is 32.2. The minimum atomic E-state index is 0.233. The maximum Gasteiger partial charge on any atom is 0.0603 e. The van der Waals surface area contributed by atoms with Gasteiger partial charge in [-0.3, -0.25) is 0 Å². The smallest absolute Gasteiger partial charge is 0.0603 e. The number of unbranched alkanes of at least 4 members (excludes halogenated alkanes) is 13. The van der Waals surface area contributed by atoms with Gasteiger partial charge in [-0.1, -0.05) is 90.4 Å². The van der Waals surface area contributed by atoms with Gasteiger partial charge in [0.25, 0.3) is 0 Å². The molecule has 2 nitrogen and oxygen atoms in total. The molecule has 23 heavy (non-hydrogen) atoms. The average Bonchev–Trinajstić information content (AvgIpc) is 2.57. The highest BCUT2D eigenvalue weighted by Gasteiger charge is 2.06. The molecular formula is C20H42O2S. The summed E-state index contributed by atoms with van der Waals surface area (Å²) in [5.41, 5.74) is 0. The van der Waals surface area contributed by atoms with Crippen LogP contribution >= 0.6 is 11.8 Å². The van der Waals surface area contributed by atoms with Crippen molar-refractivity contribution in [2.24, 2.45) is 0 Å². The lowest BCUT2D eigenvalue weighted by atomic mass is 10.0. The molecule has 0 aliphatic heterocycles. The third-order valence-electron chi connectivity index (χ3n) is 4.41. The van der Waals surface area contributed by atoms with Gasteiger partial charge in [0, 0.05) is 7.11 Å². The van der Waals surface area contributed by atoms with Crippen LogP contribution in [-0.2, 0) is 4.74 Å². The number of rotatable bonds is 19. The Morgan fingerprint density at radius 1 is 0.739 bits per heavy atom. The monoisotopic (exact) mass is 346 g/mol. The number of hydrogen-bond acceptors (Lipinski definition) is 3. The first-order chi connectivity index (χ1) is 11.3. The molecule has 0 amide bonds. The zero-order chi connectivity index (χ0) is 17.0. The number of aliphatic hydroxyl groups excluding tert-OH is 1. The Morgan fingerprint density at radius 3 is 1.57 bits per heavy atom. The summed E-state index contributed by atoms with van der Waals surface area (Å²) in [6, 6.07) is 0. The van der Waals surface area contributed by atoms with Gasteiger partial charge in [-0.05, 0) is 12.2 Å². The fraction of sp³-hybridized carbons (Fsp3) is 1.00. The number of methoxy groups -OCH3 is 1. The Bertz CT molecular complexity index is 212. The van der Waals surface area contributed by atoms with Gasteiger partial charge in [0.1, 0.15) is 0 Å². The number of aliphatic hydroxyl groups is 1. The first kappa shape index (κ1) is 23.3. The predicted octanol–water partition coefficient (Wildman–Crippen LogP) is 6.21. The standard InChI is InChI=1S/C20H42O2S/c1-3-4-5-6-7-8-9-10-11-12-13-14-15-16-17-23-20(18-21)19-22-2/h20-21H,3-19H2,1-2H3. The third kappa shape index (κ3) is 18.4. The van der Waals surface area contributed by atoms with Crippen LogP contribution in [0.1, 0.15) is 96.8 Å². The van der Waals surface area contributed by atoms with Crippen molar-refractivity contribution < 1.29 is 9.84 Å². The van der Waals surface area contributed by atoms with Crippen LogP contribution < -0.4 is 0 Å². The normalized spacial score (nSPS) is 12.7. The molecule has 3 heteroatoms. The number of ether oxygens (including phenoxy) is 1. The topological polar surface area (TPSA) is 29.5 Å². The highest BCUT2D eigenvalue weighted by molar-refractivity contribution is 7.99. The maximum atomic E-state index is 9.17. The number of hydrogen-bond donors (Lipinski definition) is 1. The highest BCUT2D eigenvalue weighted by Crippen LogP contribution is 2.16. The molecule has 0 aliphatic rings. The Balaban J connectivity index is 3.07. The Labute approximate surface area is 150 Å². The van der Waals surface area contributed by atoms with E-state index in [0.717, 1.165) is 5.75 Å². The van der Waals surface area contributed by atoms with Gasteiger partial charge in [-0.25, -0.2) is 0 Å². The molecule has 140 valence electrons. The third-order valence-corrected chi connectivity index (χ3v) is 5.69. The molecule has 0 aromatic heterocycles. The Morgan fingerprint density at radius 2 is 1.17 bits per heavy atom. The molecule has 0 radical (unpaired) electrons. The van der Waals surface area contributed by atoms with Crippen molar-refractivity contribution in [1.29, 1.82) is 0 Å². The summed E-state index contributed by atoms with van der Waals surface area (Å²) in [6.07, 6.45) is 19.7. The van der Waals surface area contributed by atoms with Gasteiger partial charge >= 0.3 is 0 Å². The second-order valence-corrected chi connectivity index (χ2v) is 8.14. The number of thioether (sulfide) groups is 1. The van der Waals surface area contributed by atoms with E-state index in [0.29, 0.717) is 6.61 Å². The van der Waals surface area contributed by atoms with Crippen LogP contribution in [0, 0.1) is 0 Å². The van der Waals surface area contributed by atoms with Crippen molar-refractivity contribution >= 4 is 11.8 Å². The van der Waals surface area contributed by atoms with Crippen molar-refractivity contribution in [3.8, 4) is 0 Å². The zero-order valence-corrected chi connectivity index (χ0v) is 16.7. The van der Waals surface area contributed by atoms with E-state index < -0.39 is 0 Å². The minimum Gasteiger partial charge on any atom is -0.395 e. The molecule has 1 unspecified atom stereocenters. The van der Waals surface area contributed by atoms with Gasteiger partial charge in [0.05, 0.1) is 18.5 Å². The largest absolute Gasteiger partial charge is 0.395 e. The summed E-state index contributed by atoms with van der Waals surface area (Å²) in [5, 5.41) is 9.44. The minimum absolute atomic E-state index is 0.233. The molecule has 0 rings (SSSR count). The first-order valence-electron chi connectivity index (χ1n) is 10.1. The second-order valence-electron chi connectivity index (χ2n) is 6.73. The fourth-order valence-corrected chi connectivity index (χ4v) is 3.93. The lowest BCUT2D eigenvalue weighted by Crippen LogP contribution is -2.15. The van der Waals surface area contributed by atoms with E-state index in [1.54, 1.807) is 7.11 Å². The summed E-state index contributed by atoms with van der Waals surface area (Å²) < 4.78 is 5.09. The molecule has 0 fully saturated rings. The van der Waals surface area contributed by atoms with Crippen LogP contribution in [0.4, 0.5) is 0 Å². The van der Waals surface area contributed by atoms with Crippen molar-refractivity contribution in [1.82, 2.24) is 0 Å². The quantitative estimate of drug-likeness (QED) is 0.282. The lowest BCUT2D eigenvalue weighted by Gasteiger charge is -2.12. The van der Waals surface area contributed by atoms with E-state index in [4.69, 9.17) is 4.74 Å². The molecule has 0 aromatic carbocycles. The lowest BCUT2D eigenvalue weighted by molar-refractivity contribution is 0.172. The van der Waals surface area contributed by atoms with Crippen LogP contribution in [0.3, 0.4) is 0 Å². The molecular weight excluding hydrogens is 304 g/mol. The van der Waals surface area contributed by atoms with Crippen molar-refractivity contribution in [3.05, 3.63) is 0 Å². The van der Waals surface area contributed by atoms with Gasteiger partial charge in [-0.2, -0.15) is 11.8 Å². The van der Waals surface area contributed by atoms with E-state index in [2.05, 4.69) is 6.92 Å². The van der Waals surface area contributed by atoms with E-state index in [1.807, 2.05) is 11.8 Å². The summed E-state index contributed by atoms with van der Waals surface area (Å²) >= 11 is 1.86. The second kappa shape index (κ2) is 20.3. The van der Waals surface area contributed by atoms with Crippen molar-refractivity contribution in [2.75, 3.05) is 26.1 Å². The van der Waals surface area contributed by atoms with Crippen LogP contribution in [-0.4, -0.2) is 36.4 Å². The van der Waals surface area contributed by atoms with Crippen molar-refractivity contribution in [2.45, 2.75) is 102 Å². The molecule has 0 bridgehead atoms. The van der Waals surface area contributed by atoms with Gasteiger partial charge in [0.2, 0.25) is 0 Å². The Hall–Kier alpha value is 0.270. The van der Waals surface area contributed by atoms with E-state index >= 15 is 0 Å². The van der Waals surface area contributed by atoms with Gasteiger partial charge in [-0.15, -0.1) is 0 Å². The van der Waals surface area contributed by atoms with Crippen LogP contribution in [0.25, 0.3) is 0 Å². The molecule has 0 aromatic rings. The summed E-state index contributed by atoms with van der Waals surface area (Å²) in [4.78, 5) is 0. The predicted molar refractivity (Wildman–Crippen MR) is 106 cm³/mol. The molecule has 0 saturated heterocycles. The average molecular weight is 347 g/mol. The summed E-state index contributed by atoms with van der Waals surface area (Å²) in [5.74, 6) is 1.16. The van der Waals surface area contributed by atoms with Gasteiger partial charge < -0.3 is 9.84 Å². The zero-order valence-electron chi connectivity index (χ0n) is 15.9. The van der Waals surface area contributed by atoms with Crippen LogP contribution in [0.5, 0.6) is 0 Å². The van der Waals surface area contributed by atoms with Gasteiger partial charge in [0.15, 0.2) is 0 Å². The van der Waals surface area contributed by atoms with Crippen LogP contribution in [0.2, 0.25) is 0 Å². The first-order valence-corrected chi connectivity index (χ1v) is 11.1. The van der Waals surface area contributed by atoms with Crippen molar-refractivity contribution in [3.63, 3.8) is 0 Å². The Kier molecular flexibility index (Phi) is 20.6.